The SMILES string of the molecule is Cn1cnc(CCNc2ccc(N)c3cnccc23)n1. The Bertz CT molecular complexity index is 733. The number of nitrogens with one attached hydrogen (secondary N) is 1. The summed E-state index contributed by atoms with van der Waals surface area (Å²) in [6.07, 6.45) is 6.04. The van der Waals surface area contributed by atoms with Gasteiger partial charge in [-0.3, -0.25) is 9.67 Å². The summed E-state index contributed by atoms with van der Waals surface area (Å²) in [6, 6.07) is 5.85. The number of fused-ring (bicyclic) bond motifs is 1. The number of nitrogen functional groups attached to an aromatic ring is 1. The van der Waals surface area contributed by atoms with E-state index in [1.165, 1.54) is 0 Å². The second kappa shape index (κ2) is 5.16. The summed E-state index contributed by atoms with van der Waals surface area (Å²) in [5.41, 5.74) is 7.75. The van der Waals surface area contributed by atoms with Crippen LogP contribution in [-0.2, 0) is 13.5 Å². The minimum Gasteiger partial charge on any atom is -0.398 e. The number of rotatable bonds is 4. The van der Waals surface area contributed by atoms with Gasteiger partial charge in [-0.1, -0.05) is 0 Å². The second-order valence-corrected chi connectivity index (χ2v) is 4.63. The fraction of sp³-hybridized carbons (Fsp3) is 0.214. The molecule has 2 heterocycles. The van der Waals surface area contributed by atoms with Crippen LogP contribution in [0, 0.1) is 0 Å². The first-order valence-corrected chi connectivity index (χ1v) is 6.44. The van der Waals surface area contributed by atoms with Crippen molar-refractivity contribution in [3.05, 3.63) is 42.7 Å². The molecular formula is C14H16N6. The van der Waals surface area contributed by atoms with Crippen LogP contribution in [0.25, 0.3) is 10.8 Å². The third kappa shape index (κ3) is 2.40. The van der Waals surface area contributed by atoms with Crippen LogP contribution in [0.15, 0.2) is 36.9 Å². The fourth-order valence-electron chi connectivity index (χ4n) is 2.17. The molecule has 0 amide bonds. The van der Waals surface area contributed by atoms with Crippen molar-refractivity contribution >= 4 is 22.1 Å². The van der Waals surface area contributed by atoms with E-state index in [0.29, 0.717) is 0 Å². The summed E-state index contributed by atoms with van der Waals surface area (Å²) in [5.74, 6) is 0.835. The zero-order valence-electron chi connectivity index (χ0n) is 11.2. The van der Waals surface area contributed by atoms with Gasteiger partial charge in [-0.25, -0.2) is 4.98 Å². The van der Waals surface area contributed by atoms with E-state index in [9.17, 15) is 0 Å². The van der Waals surface area contributed by atoms with Gasteiger partial charge in [0, 0.05) is 54.6 Å². The first-order chi connectivity index (χ1) is 9.74. The van der Waals surface area contributed by atoms with Crippen LogP contribution in [0.5, 0.6) is 0 Å². The van der Waals surface area contributed by atoms with Crippen LogP contribution < -0.4 is 11.1 Å². The molecule has 3 N–H and O–H groups in total. The number of nitrogens with zero attached hydrogens (tertiary/aromatic N) is 4. The first kappa shape index (κ1) is 12.4. The Kier molecular flexibility index (Phi) is 3.20. The van der Waals surface area contributed by atoms with Crippen molar-refractivity contribution in [3.8, 4) is 0 Å². The summed E-state index contributed by atoms with van der Waals surface area (Å²) >= 11 is 0. The van der Waals surface area contributed by atoms with Gasteiger partial charge in [0.2, 0.25) is 0 Å². The van der Waals surface area contributed by atoms with Crippen LogP contribution in [0.3, 0.4) is 0 Å². The van der Waals surface area contributed by atoms with Crippen molar-refractivity contribution in [1.82, 2.24) is 19.7 Å². The molecule has 0 saturated heterocycles. The Hall–Kier alpha value is -2.63. The highest BCUT2D eigenvalue weighted by Crippen LogP contribution is 2.27. The molecule has 0 aliphatic carbocycles. The largest absolute Gasteiger partial charge is 0.398 e. The number of anilines is 2. The molecule has 0 unspecified atom stereocenters. The van der Waals surface area contributed by atoms with Gasteiger partial charge in [0.1, 0.15) is 6.33 Å². The van der Waals surface area contributed by atoms with Gasteiger partial charge >= 0.3 is 0 Å². The zero-order valence-corrected chi connectivity index (χ0v) is 11.2. The number of hydrogen-bond donors (Lipinski definition) is 2. The van der Waals surface area contributed by atoms with Crippen LogP contribution >= 0.6 is 0 Å². The highest BCUT2D eigenvalue weighted by molar-refractivity contribution is 6.00. The minimum atomic E-state index is 0.741. The molecule has 0 aliphatic heterocycles. The van der Waals surface area contributed by atoms with Crippen molar-refractivity contribution in [2.24, 2.45) is 7.05 Å². The molecule has 0 bridgehead atoms. The van der Waals surface area contributed by atoms with Crippen LogP contribution in [-0.4, -0.2) is 26.3 Å². The third-order valence-corrected chi connectivity index (χ3v) is 3.16. The molecule has 0 fully saturated rings. The molecule has 0 spiro atoms. The van der Waals surface area contributed by atoms with E-state index in [1.54, 1.807) is 23.4 Å². The molecule has 20 heavy (non-hydrogen) atoms. The first-order valence-electron chi connectivity index (χ1n) is 6.44. The van der Waals surface area contributed by atoms with E-state index in [0.717, 1.165) is 40.9 Å². The van der Waals surface area contributed by atoms with Gasteiger partial charge in [-0.2, -0.15) is 5.10 Å². The molecule has 2 aromatic heterocycles. The Labute approximate surface area is 116 Å². The van der Waals surface area contributed by atoms with Gasteiger partial charge in [-0.15, -0.1) is 0 Å². The normalized spacial score (nSPS) is 10.8. The molecular weight excluding hydrogens is 252 g/mol. The molecule has 102 valence electrons. The van der Waals surface area contributed by atoms with Gasteiger partial charge in [0.15, 0.2) is 5.82 Å². The molecule has 0 aliphatic rings. The highest BCUT2D eigenvalue weighted by atomic mass is 15.3. The van der Waals surface area contributed by atoms with E-state index < -0.39 is 0 Å². The van der Waals surface area contributed by atoms with Crippen molar-refractivity contribution in [3.63, 3.8) is 0 Å². The predicted octanol–water partition coefficient (Wildman–Crippen LogP) is 1.60. The average molecular weight is 268 g/mol. The maximum Gasteiger partial charge on any atom is 0.152 e. The van der Waals surface area contributed by atoms with Crippen LogP contribution in [0.2, 0.25) is 0 Å². The topological polar surface area (TPSA) is 81.7 Å². The summed E-state index contributed by atoms with van der Waals surface area (Å²) < 4.78 is 1.71. The fourth-order valence-corrected chi connectivity index (χ4v) is 2.17. The predicted molar refractivity (Wildman–Crippen MR) is 79.4 cm³/mol. The third-order valence-electron chi connectivity index (χ3n) is 3.16. The molecule has 0 atom stereocenters. The standard InChI is InChI=1S/C14H16N6/c1-20-9-18-14(19-20)5-7-17-13-3-2-12(15)11-8-16-6-4-10(11)13/h2-4,6,8-9,17H,5,7,15H2,1H3. The van der Waals surface area contributed by atoms with E-state index in [-0.39, 0.29) is 0 Å². The van der Waals surface area contributed by atoms with Gasteiger partial charge in [0.25, 0.3) is 0 Å². The lowest BCUT2D eigenvalue weighted by atomic mass is 10.1. The van der Waals surface area contributed by atoms with Crippen molar-refractivity contribution < 1.29 is 0 Å². The van der Waals surface area contributed by atoms with E-state index in [1.807, 2.05) is 25.2 Å². The number of pyridine rings is 1. The number of aryl methyl sites for hydroxylation is 1. The second-order valence-electron chi connectivity index (χ2n) is 4.63. The Morgan fingerprint density at radius 2 is 2.15 bits per heavy atom. The lowest BCUT2D eigenvalue weighted by Gasteiger charge is -2.10. The minimum absolute atomic E-state index is 0.741. The number of benzene rings is 1. The monoisotopic (exact) mass is 268 g/mol. The highest BCUT2D eigenvalue weighted by Gasteiger charge is 2.04. The van der Waals surface area contributed by atoms with Gasteiger partial charge in [-0.05, 0) is 18.2 Å². The molecule has 6 nitrogen and oxygen atoms in total. The van der Waals surface area contributed by atoms with E-state index >= 15 is 0 Å². The summed E-state index contributed by atoms with van der Waals surface area (Å²) in [5, 5.41) is 9.70. The Morgan fingerprint density at radius 1 is 1.25 bits per heavy atom. The Balaban J connectivity index is 1.76. The molecule has 3 rings (SSSR count). The van der Waals surface area contributed by atoms with Gasteiger partial charge < -0.3 is 11.1 Å². The van der Waals surface area contributed by atoms with Crippen LogP contribution in [0.1, 0.15) is 5.82 Å². The molecule has 1 aromatic carbocycles. The number of nitrogens with two attached hydrogens (primary N) is 1. The Morgan fingerprint density at radius 3 is 2.95 bits per heavy atom. The van der Waals surface area contributed by atoms with Gasteiger partial charge in [0.05, 0.1) is 0 Å². The number of hydrogen-bond acceptors (Lipinski definition) is 5. The smallest absolute Gasteiger partial charge is 0.152 e. The molecule has 3 aromatic rings. The lowest BCUT2D eigenvalue weighted by Crippen LogP contribution is -2.07. The van der Waals surface area contributed by atoms with Crippen molar-refractivity contribution in [2.45, 2.75) is 6.42 Å². The summed E-state index contributed by atoms with van der Waals surface area (Å²) in [6.45, 7) is 0.769. The maximum atomic E-state index is 5.96. The molecule has 0 radical (unpaired) electrons. The molecule has 0 saturated carbocycles. The quantitative estimate of drug-likeness (QED) is 0.702. The summed E-state index contributed by atoms with van der Waals surface area (Å²) in [4.78, 5) is 8.32. The van der Waals surface area contributed by atoms with Crippen LogP contribution in [0.4, 0.5) is 11.4 Å². The number of aromatic nitrogens is 4. The maximum absolute atomic E-state index is 5.96. The molecule has 6 heteroatoms. The average Bonchev–Trinajstić information content (AvgIpc) is 2.87. The van der Waals surface area contributed by atoms with E-state index in [4.69, 9.17) is 5.73 Å². The van der Waals surface area contributed by atoms with E-state index in [2.05, 4.69) is 20.4 Å². The summed E-state index contributed by atoms with van der Waals surface area (Å²) in [7, 11) is 1.87. The van der Waals surface area contributed by atoms with Crippen molar-refractivity contribution in [1.29, 1.82) is 0 Å². The lowest BCUT2D eigenvalue weighted by molar-refractivity contribution is 0.742. The van der Waals surface area contributed by atoms with Crippen molar-refractivity contribution in [2.75, 3.05) is 17.6 Å². The zero-order chi connectivity index (χ0) is 13.9.